The minimum atomic E-state index is -6.00. The van der Waals surface area contributed by atoms with Gasteiger partial charge in [-0.1, -0.05) is 11.6 Å². The third-order valence-corrected chi connectivity index (χ3v) is 2.79. The van der Waals surface area contributed by atoms with E-state index in [9.17, 15) is 22.1 Å². The Kier molecular flexibility index (Phi) is 5.50. The van der Waals surface area contributed by atoms with Crippen molar-refractivity contribution in [2.45, 2.75) is 13.5 Å². The van der Waals surface area contributed by atoms with Crippen LogP contribution in [0, 0.1) is 0 Å². The van der Waals surface area contributed by atoms with E-state index < -0.39 is 7.25 Å². The molecule has 1 aromatic heterocycles. The summed E-state index contributed by atoms with van der Waals surface area (Å²) in [5, 5.41) is 1.60. The second kappa shape index (κ2) is 6.70. The Morgan fingerprint density at radius 3 is 2.35 bits per heavy atom. The first kappa shape index (κ1) is 16.4. The standard InChI is InChI=1S/C12H11ClNO.BF4/c1-2-14-6-5-11(13)10-7-9(8-15)3-4-12(10)14;2-1(3,4)5/h3-8H,2H2,1H3;/q+1;-1. The molecule has 0 amide bonds. The van der Waals surface area contributed by atoms with Gasteiger partial charge in [0.05, 0.1) is 10.4 Å². The zero-order chi connectivity index (χ0) is 15.3. The molecule has 0 fully saturated rings. The predicted molar refractivity (Wildman–Crippen MR) is 70.4 cm³/mol. The van der Waals surface area contributed by atoms with Crippen molar-refractivity contribution in [3.05, 3.63) is 41.0 Å². The molecule has 8 heteroatoms. The van der Waals surface area contributed by atoms with Crippen LogP contribution in [0.15, 0.2) is 30.5 Å². The first-order valence-corrected chi connectivity index (χ1v) is 6.08. The lowest BCUT2D eigenvalue weighted by Gasteiger charge is -2.01. The molecule has 0 radical (unpaired) electrons. The molecule has 0 bridgehead atoms. The summed E-state index contributed by atoms with van der Waals surface area (Å²) >= 11 is 6.09. The molecule has 0 N–H and O–H groups in total. The lowest BCUT2D eigenvalue weighted by molar-refractivity contribution is -0.667. The van der Waals surface area contributed by atoms with E-state index >= 15 is 0 Å². The highest BCUT2D eigenvalue weighted by atomic mass is 35.5. The van der Waals surface area contributed by atoms with Crippen LogP contribution in [0.3, 0.4) is 0 Å². The molecule has 2 nitrogen and oxygen atoms in total. The molecule has 0 aliphatic carbocycles. The molecule has 1 heterocycles. The van der Waals surface area contributed by atoms with Crippen LogP contribution >= 0.6 is 11.6 Å². The van der Waals surface area contributed by atoms with Crippen molar-refractivity contribution in [3.63, 3.8) is 0 Å². The molecule has 0 spiro atoms. The maximum absolute atomic E-state index is 10.7. The van der Waals surface area contributed by atoms with Gasteiger partial charge in [-0.25, -0.2) is 0 Å². The molecule has 108 valence electrons. The molecule has 0 unspecified atom stereocenters. The number of rotatable bonds is 2. The smallest absolute Gasteiger partial charge is 0.418 e. The SMILES string of the molecule is CC[n+]1ccc(Cl)c2cc(C=O)ccc21.F[B-](F)(F)F. The fourth-order valence-electron chi connectivity index (χ4n) is 1.67. The molecule has 1 aromatic carbocycles. The van der Waals surface area contributed by atoms with E-state index in [1.165, 1.54) is 0 Å². The Morgan fingerprint density at radius 2 is 1.85 bits per heavy atom. The maximum atomic E-state index is 10.7. The van der Waals surface area contributed by atoms with Crippen LogP contribution in [0.2, 0.25) is 5.02 Å². The number of aldehydes is 1. The first-order valence-electron chi connectivity index (χ1n) is 5.70. The Morgan fingerprint density at radius 1 is 1.25 bits per heavy atom. The van der Waals surface area contributed by atoms with Crippen LogP contribution in [0.5, 0.6) is 0 Å². The van der Waals surface area contributed by atoms with Crippen LogP contribution in [-0.2, 0) is 6.54 Å². The van der Waals surface area contributed by atoms with Crippen molar-refractivity contribution in [3.8, 4) is 0 Å². The van der Waals surface area contributed by atoms with E-state index in [0.29, 0.717) is 10.6 Å². The summed E-state index contributed by atoms with van der Waals surface area (Å²) in [5.41, 5.74) is 1.70. The van der Waals surface area contributed by atoms with E-state index in [-0.39, 0.29) is 0 Å². The highest BCUT2D eigenvalue weighted by Crippen LogP contribution is 2.21. The number of aryl methyl sites for hydroxylation is 1. The minimum Gasteiger partial charge on any atom is -0.418 e. The number of benzene rings is 1. The average Bonchev–Trinajstić information content (AvgIpc) is 2.37. The van der Waals surface area contributed by atoms with Gasteiger partial charge in [0, 0.05) is 17.7 Å². The molecular weight excluding hydrogens is 296 g/mol. The number of hydrogen-bond donors (Lipinski definition) is 0. The zero-order valence-corrected chi connectivity index (χ0v) is 11.2. The number of halogens is 5. The molecule has 2 aromatic rings. The van der Waals surface area contributed by atoms with Gasteiger partial charge in [0.2, 0.25) is 5.52 Å². The highest BCUT2D eigenvalue weighted by Gasteiger charge is 2.20. The van der Waals surface area contributed by atoms with Gasteiger partial charge in [0.15, 0.2) is 6.20 Å². The second-order valence-corrected chi connectivity index (χ2v) is 4.25. The molecule has 20 heavy (non-hydrogen) atoms. The normalized spacial score (nSPS) is 10.9. The number of hydrogen-bond acceptors (Lipinski definition) is 1. The van der Waals surface area contributed by atoms with Crippen LogP contribution in [0.25, 0.3) is 10.9 Å². The van der Waals surface area contributed by atoms with E-state index in [0.717, 1.165) is 23.7 Å². The molecule has 0 saturated heterocycles. The van der Waals surface area contributed by atoms with E-state index in [2.05, 4.69) is 11.5 Å². The van der Waals surface area contributed by atoms with Crippen molar-refractivity contribution >= 4 is 36.0 Å². The molecule has 2 rings (SSSR count). The van der Waals surface area contributed by atoms with Crippen LogP contribution in [0.4, 0.5) is 17.3 Å². The number of nitrogens with zero attached hydrogens (tertiary/aromatic N) is 1. The summed E-state index contributed by atoms with van der Waals surface area (Å²) in [5.74, 6) is 0. The minimum absolute atomic E-state index is 0.651. The summed E-state index contributed by atoms with van der Waals surface area (Å²) in [6.07, 6.45) is 2.78. The van der Waals surface area contributed by atoms with Crippen molar-refractivity contribution < 1.29 is 26.6 Å². The van der Waals surface area contributed by atoms with Gasteiger partial charge < -0.3 is 17.3 Å². The highest BCUT2D eigenvalue weighted by molar-refractivity contribution is 6.50. The van der Waals surface area contributed by atoms with Gasteiger partial charge in [-0.05, 0) is 19.1 Å². The van der Waals surface area contributed by atoms with Gasteiger partial charge in [-0.3, -0.25) is 4.79 Å². The quantitative estimate of drug-likeness (QED) is 0.357. The third-order valence-electron chi connectivity index (χ3n) is 2.46. The van der Waals surface area contributed by atoms with Crippen LogP contribution in [-0.4, -0.2) is 13.5 Å². The summed E-state index contributed by atoms with van der Waals surface area (Å²) < 4.78 is 41.1. The van der Waals surface area contributed by atoms with Crippen molar-refractivity contribution in [2.75, 3.05) is 0 Å². The molecule has 0 aliphatic heterocycles. The summed E-state index contributed by atoms with van der Waals surface area (Å²) in [7, 11) is -6.00. The Hall–Kier alpha value is -1.63. The van der Waals surface area contributed by atoms with E-state index in [1.54, 1.807) is 6.07 Å². The zero-order valence-electron chi connectivity index (χ0n) is 10.5. The van der Waals surface area contributed by atoms with Gasteiger partial charge in [0.1, 0.15) is 12.8 Å². The Balaban J connectivity index is 0.000000347. The maximum Gasteiger partial charge on any atom is 0.673 e. The molecule has 0 saturated carbocycles. The predicted octanol–water partition coefficient (Wildman–Crippen LogP) is 3.91. The number of pyridine rings is 1. The van der Waals surface area contributed by atoms with Crippen molar-refractivity contribution in [1.82, 2.24) is 0 Å². The largest absolute Gasteiger partial charge is 0.673 e. The first-order chi connectivity index (χ1) is 9.26. The summed E-state index contributed by atoms with van der Waals surface area (Å²) in [6.45, 7) is 2.95. The number of carbonyl (C=O) groups excluding carboxylic acids is 1. The average molecular weight is 307 g/mol. The summed E-state index contributed by atoms with van der Waals surface area (Å²) in [6, 6.07) is 7.39. The second-order valence-electron chi connectivity index (χ2n) is 3.84. The van der Waals surface area contributed by atoms with Gasteiger partial charge in [-0.15, -0.1) is 0 Å². The summed E-state index contributed by atoms with van der Waals surface area (Å²) in [4.78, 5) is 10.7. The number of carbonyl (C=O) groups is 1. The van der Waals surface area contributed by atoms with Crippen LogP contribution < -0.4 is 4.57 Å². The Bertz CT molecular complexity index is 612. The third kappa shape index (κ3) is 4.81. The number of aromatic nitrogens is 1. The van der Waals surface area contributed by atoms with Crippen LogP contribution in [0.1, 0.15) is 17.3 Å². The molecule has 0 atom stereocenters. The monoisotopic (exact) mass is 307 g/mol. The lowest BCUT2D eigenvalue weighted by Crippen LogP contribution is -2.32. The van der Waals surface area contributed by atoms with Crippen molar-refractivity contribution in [2.24, 2.45) is 0 Å². The molecular formula is C12H11BClF4NO. The van der Waals surface area contributed by atoms with Crippen molar-refractivity contribution in [1.29, 1.82) is 0 Å². The fraction of sp³-hybridized carbons (Fsp3) is 0.167. The molecule has 0 aliphatic rings. The fourth-order valence-corrected chi connectivity index (χ4v) is 1.88. The van der Waals surface area contributed by atoms with Gasteiger partial charge >= 0.3 is 7.25 Å². The van der Waals surface area contributed by atoms with E-state index in [4.69, 9.17) is 11.6 Å². The van der Waals surface area contributed by atoms with Gasteiger partial charge in [-0.2, -0.15) is 4.57 Å². The number of fused-ring (bicyclic) bond motifs is 1. The van der Waals surface area contributed by atoms with Gasteiger partial charge in [0.25, 0.3) is 0 Å². The lowest BCUT2D eigenvalue weighted by atomic mass is 10.1. The van der Waals surface area contributed by atoms with E-state index in [1.807, 2.05) is 24.4 Å². The Labute approximate surface area is 118 Å². The topological polar surface area (TPSA) is 20.9 Å².